The van der Waals surface area contributed by atoms with Crippen molar-refractivity contribution in [1.29, 1.82) is 0 Å². The molecule has 3 rings (SSSR count). The van der Waals surface area contributed by atoms with Crippen molar-refractivity contribution in [2.24, 2.45) is 0 Å². The van der Waals surface area contributed by atoms with Crippen molar-refractivity contribution in [1.82, 2.24) is 9.78 Å². The monoisotopic (exact) mass is 368 g/mol. The number of amides is 1. The molecule has 0 aliphatic carbocycles. The molecule has 5 nitrogen and oxygen atoms in total. The number of nitrogens with one attached hydrogen (secondary N) is 1. The Bertz CT molecular complexity index is 890. The first-order valence-electron chi connectivity index (χ1n) is 8.38. The summed E-state index contributed by atoms with van der Waals surface area (Å²) >= 11 is 6.06. The highest BCUT2D eigenvalue weighted by Gasteiger charge is 2.10. The molecule has 0 spiro atoms. The minimum Gasteiger partial charge on any atom is -0.376 e. The molecule has 1 amide bonds. The van der Waals surface area contributed by atoms with Gasteiger partial charge in [0.1, 0.15) is 0 Å². The molecule has 0 fully saturated rings. The number of carbonyl (C=O) groups excluding carboxylic acids is 1. The highest BCUT2D eigenvalue weighted by atomic mass is 35.5. The number of anilines is 2. The summed E-state index contributed by atoms with van der Waals surface area (Å²) in [5.74, 6) is -0.0529. The van der Waals surface area contributed by atoms with E-state index < -0.39 is 0 Å². The van der Waals surface area contributed by atoms with E-state index in [2.05, 4.69) is 10.4 Å². The van der Waals surface area contributed by atoms with Crippen LogP contribution in [0.15, 0.2) is 60.9 Å². The molecule has 2 aromatic carbocycles. The molecule has 1 N–H and O–H groups in total. The number of hydrogen-bond acceptors (Lipinski definition) is 3. The summed E-state index contributed by atoms with van der Waals surface area (Å²) in [4.78, 5) is 14.3. The van der Waals surface area contributed by atoms with Crippen LogP contribution in [0.5, 0.6) is 0 Å². The van der Waals surface area contributed by atoms with Gasteiger partial charge in [0.05, 0.1) is 23.3 Å². The van der Waals surface area contributed by atoms with E-state index >= 15 is 0 Å². The van der Waals surface area contributed by atoms with Gasteiger partial charge in [-0.15, -0.1) is 0 Å². The predicted molar refractivity (Wildman–Crippen MR) is 106 cm³/mol. The zero-order valence-electron chi connectivity index (χ0n) is 14.8. The molecular formula is C20H21ClN4O. The summed E-state index contributed by atoms with van der Waals surface area (Å²) in [6.45, 7) is 0. The molecule has 0 aliphatic heterocycles. The lowest BCUT2D eigenvalue weighted by molar-refractivity contribution is -0.116. The molecule has 26 heavy (non-hydrogen) atoms. The van der Waals surface area contributed by atoms with E-state index in [0.29, 0.717) is 23.6 Å². The Morgan fingerprint density at radius 3 is 2.69 bits per heavy atom. The maximum atomic E-state index is 12.3. The summed E-state index contributed by atoms with van der Waals surface area (Å²) in [7, 11) is 3.85. The third-order valence-corrected chi connectivity index (χ3v) is 4.25. The topological polar surface area (TPSA) is 50.2 Å². The van der Waals surface area contributed by atoms with Gasteiger partial charge in [0, 0.05) is 31.7 Å². The molecule has 0 radical (unpaired) electrons. The summed E-state index contributed by atoms with van der Waals surface area (Å²) in [6, 6.07) is 15.4. The fraction of sp³-hybridized carbons (Fsp3) is 0.200. The Morgan fingerprint density at radius 1 is 1.19 bits per heavy atom. The van der Waals surface area contributed by atoms with Crippen LogP contribution in [0, 0.1) is 0 Å². The lowest BCUT2D eigenvalue weighted by atomic mass is 10.2. The first-order valence-corrected chi connectivity index (χ1v) is 8.76. The van der Waals surface area contributed by atoms with Gasteiger partial charge in [-0.25, -0.2) is 4.68 Å². The Balaban J connectivity index is 1.62. The average Bonchev–Trinajstić information content (AvgIpc) is 3.09. The highest BCUT2D eigenvalue weighted by Crippen LogP contribution is 2.28. The smallest absolute Gasteiger partial charge is 0.224 e. The van der Waals surface area contributed by atoms with Crippen LogP contribution in [0.3, 0.4) is 0 Å². The van der Waals surface area contributed by atoms with Crippen LogP contribution in [-0.2, 0) is 11.2 Å². The normalized spacial score (nSPS) is 10.6. The quantitative estimate of drug-likeness (QED) is 0.710. The molecule has 0 saturated heterocycles. The number of para-hydroxylation sites is 1. The van der Waals surface area contributed by atoms with Crippen molar-refractivity contribution < 1.29 is 4.79 Å². The number of hydrogen-bond donors (Lipinski definition) is 1. The van der Waals surface area contributed by atoms with Gasteiger partial charge in [-0.3, -0.25) is 4.79 Å². The van der Waals surface area contributed by atoms with Crippen molar-refractivity contribution in [2.75, 3.05) is 24.3 Å². The standard InChI is InChI=1S/C20H21ClN4O/c1-24(2)19-10-9-16(21)12-18(19)23-20(26)11-8-15-13-22-25(14-15)17-6-4-3-5-7-17/h3-7,9-10,12-14H,8,11H2,1-2H3,(H,23,26). The SMILES string of the molecule is CN(C)c1ccc(Cl)cc1NC(=O)CCc1cnn(-c2ccccc2)c1. The number of benzene rings is 2. The molecule has 1 aromatic heterocycles. The van der Waals surface area contributed by atoms with Crippen molar-refractivity contribution in [3.05, 3.63) is 71.5 Å². The van der Waals surface area contributed by atoms with E-state index in [4.69, 9.17) is 11.6 Å². The summed E-state index contributed by atoms with van der Waals surface area (Å²) < 4.78 is 1.81. The van der Waals surface area contributed by atoms with Crippen molar-refractivity contribution in [3.63, 3.8) is 0 Å². The summed E-state index contributed by atoms with van der Waals surface area (Å²) in [5.41, 5.74) is 3.65. The lowest BCUT2D eigenvalue weighted by Crippen LogP contribution is -2.17. The van der Waals surface area contributed by atoms with E-state index in [9.17, 15) is 4.79 Å². The van der Waals surface area contributed by atoms with Gasteiger partial charge in [0.25, 0.3) is 0 Å². The van der Waals surface area contributed by atoms with E-state index in [1.807, 2.05) is 72.3 Å². The van der Waals surface area contributed by atoms with Crippen LogP contribution in [-0.4, -0.2) is 29.8 Å². The Labute approximate surface area is 158 Å². The van der Waals surface area contributed by atoms with Gasteiger partial charge in [-0.2, -0.15) is 5.10 Å². The maximum absolute atomic E-state index is 12.3. The zero-order valence-corrected chi connectivity index (χ0v) is 15.6. The van der Waals surface area contributed by atoms with Crippen LogP contribution >= 0.6 is 11.6 Å². The molecule has 1 heterocycles. The van der Waals surface area contributed by atoms with Gasteiger partial charge in [-0.05, 0) is 42.3 Å². The van der Waals surface area contributed by atoms with Gasteiger partial charge in [-0.1, -0.05) is 29.8 Å². The molecule has 3 aromatic rings. The van der Waals surface area contributed by atoms with E-state index in [1.54, 1.807) is 12.3 Å². The Hall–Kier alpha value is -2.79. The number of aryl methyl sites for hydroxylation is 1. The molecule has 134 valence electrons. The molecular weight excluding hydrogens is 348 g/mol. The maximum Gasteiger partial charge on any atom is 0.224 e. The van der Waals surface area contributed by atoms with Crippen molar-refractivity contribution in [2.45, 2.75) is 12.8 Å². The van der Waals surface area contributed by atoms with Gasteiger partial charge in [0.15, 0.2) is 0 Å². The fourth-order valence-electron chi connectivity index (χ4n) is 2.68. The number of carbonyl (C=O) groups is 1. The molecule has 0 bridgehead atoms. The van der Waals surface area contributed by atoms with Gasteiger partial charge < -0.3 is 10.2 Å². The molecule has 0 saturated carbocycles. The molecule has 0 aliphatic rings. The number of rotatable bonds is 6. The zero-order chi connectivity index (χ0) is 18.5. The van der Waals surface area contributed by atoms with Gasteiger partial charge >= 0.3 is 0 Å². The Kier molecular flexibility index (Phi) is 5.58. The first-order chi connectivity index (χ1) is 12.5. The molecule has 0 atom stereocenters. The first kappa shape index (κ1) is 18.0. The third kappa shape index (κ3) is 4.43. The number of nitrogens with zero attached hydrogens (tertiary/aromatic N) is 3. The number of aromatic nitrogens is 2. The fourth-order valence-corrected chi connectivity index (χ4v) is 2.85. The largest absolute Gasteiger partial charge is 0.376 e. The van der Waals surface area contributed by atoms with Crippen molar-refractivity contribution >= 4 is 28.9 Å². The minimum atomic E-state index is -0.0529. The van der Waals surface area contributed by atoms with Crippen LogP contribution < -0.4 is 10.2 Å². The third-order valence-electron chi connectivity index (χ3n) is 4.01. The second-order valence-electron chi connectivity index (χ2n) is 6.23. The second kappa shape index (κ2) is 8.06. The van der Waals surface area contributed by atoms with E-state index in [0.717, 1.165) is 16.9 Å². The number of halogens is 1. The van der Waals surface area contributed by atoms with Crippen LogP contribution in [0.25, 0.3) is 5.69 Å². The average molecular weight is 369 g/mol. The van der Waals surface area contributed by atoms with Crippen molar-refractivity contribution in [3.8, 4) is 5.69 Å². The van der Waals surface area contributed by atoms with Gasteiger partial charge in [0.2, 0.25) is 5.91 Å². The van der Waals surface area contributed by atoms with E-state index in [1.165, 1.54) is 0 Å². The second-order valence-corrected chi connectivity index (χ2v) is 6.67. The van der Waals surface area contributed by atoms with Crippen LogP contribution in [0.2, 0.25) is 5.02 Å². The highest BCUT2D eigenvalue weighted by molar-refractivity contribution is 6.31. The minimum absolute atomic E-state index is 0.0529. The van der Waals surface area contributed by atoms with Crippen LogP contribution in [0.4, 0.5) is 11.4 Å². The predicted octanol–water partition coefficient (Wildman–Crippen LogP) is 4.16. The molecule has 6 heteroatoms. The van der Waals surface area contributed by atoms with E-state index in [-0.39, 0.29) is 5.91 Å². The Morgan fingerprint density at radius 2 is 1.96 bits per heavy atom. The molecule has 0 unspecified atom stereocenters. The summed E-state index contributed by atoms with van der Waals surface area (Å²) in [6.07, 6.45) is 4.74. The lowest BCUT2D eigenvalue weighted by Gasteiger charge is -2.18. The summed E-state index contributed by atoms with van der Waals surface area (Å²) in [5, 5.41) is 7.90. The van der Waals surface area contributed by atoms with Crippen LogP contribution in [0.1, 0.15) is 12.0 Å².